The minimum Gasteiger partial charge on any atom is -0.481 e. The van der Waals surface area contributed by atoms with Gasteiger partial charge in [0.2, 0.25) is 0 Å². The Morgan fingerprint density at radius 3 is 2.94 bits per heavy atom. The van der Waals surface area contributed by atoms with E-state index in [2.05, 4.69) is 9.97 Å². The Labute approximate surface area is 107 Å². The number of halogens is 2. The fourth-order valence-corrected chi connectivity index (χ4v) is 1.71. The van der Waals surface area contributed by atoms with Crippen LogP contribution >= 0.6 is 11.6 Å². The second-order valence-electron chi connectivity index (χ2n) is 3.77. The smallest absolute Gasteiger partial charge is 0.303 e. The molecule has 2 N–H and O–H groups in total. The van der Waals surface area contributed by atoms with Crippen LogP contribution in [-0.2, 0) is 11.2 Å². The highest BCUT2D eigenvalue weighted by Gasteiger charge is 2.07. The fourth-order valence-electron chi connectivity index (χ4n) is 1.53. The lowest BCUT2D eigenvalue weighted by molar-refractivity contribution is -0.137. The maximum Gasteiger partial charge on any atom is 0.303 e. The molecule has 4 nitrogen and oxygen atoms in total. The van der Waals surface area contributed by atoms with Crippen molar-refractivity contribution in [3.8, 4) is 11.3 Å². The quantitative estimate of drug-likeness (QED) is 0.896. The van der Waals surface area contributed by atoms with Crippen LogP contribution in [0.15, 0.2) is 24.4 Å². The minimum absolute atomic E-state index is 0.0110. The van der Waals surface area contributed by atoms with Crippen LogP contribution in [0.3, 0.4) is 0 Å². The minimum atomic E-state index is -0.877. The second kappa shape index (κ2) is 5.18. The van der Waals surface area contributed by atoms with E-state index in [4.69, 9.17) is 16.7 Å². The molecule has 94 valence electrons. The molecule has 0 aliphatic heterocycles. The number of benzene rings is 1. The predicted octanol–water partition coefficient (Wildman–Crippen LogP) is 2.89. The summed E-state index contributed by atoms with van der Waals surface area (Å²) in [6.07, 6.45) is 1.90. The molecule has 0 aliphatic carbocycles. The average molecular weight is 269 g/mol. The molecule has 0 saturated carbocycles. The Bertz CT molecular complexity index is 583. The molecule has 0 unspecified atom stereocenters. The van der Waals surface area contributed by atoms with Gasteiger partial charge >= 0.3 is 5.97 Å². The van der Waals surface area contributed by atoms with E-state index in [1.54, 1.807) is 12.3 Å². The van der Waals surface area contributed by atoms with Gasteiger partial charge in [-0.15, -0.1) is 0 Å². The number of nitrogens with one attached hydrogen (secondary N) is 1. The van der Waals surface area contributed by atoms with Crippen LogP contribution in [0.4, 0.5) is 4.39 Å². The molecule has 0 fully saturated rings. The van der Waals surface area contributed by atoms with E-state index in [9.17, 15) is 9.18 Å². The van der Waals surface area contributed by atoms with Crippen LogP contribution in [-0.4, -0.2) is 21.0 Å². The molecule has 0 spiro atoms. The van der Waals surface area contributed by atoms with E-state index < -0.39 is 11.8 Å². The van der Waals surface area contributed by atoms with Gasteiger partial charge in [0, 0.05) is 12.0 Å². The number of carboxylic acids is 1. The molecule has 0 amide bonds. The van der Waals surface area contributed by atoms with Gasteiger partial charge in [0.05, 0.1) is 23.3 Å². The summed E-state index contributed by atoms with van der Waals surface area (Å²) < 4.78 is 13.0. The molecule has 2 rings (SSSR count). The number of imidazole rings is 1. The third-order valence-electron chi connectivity index (χ3n) is 2.43. The Hall–Kier alpha value is -1.88. The molecule has 6 heteroatoms. The molecule has 0 radical (unpaired) electrons. The molecule has 1 aromatic carbocycles. The highest BCUT2D eigenvalue weighted by Crippen LogP contribution is 2.23. The van der Waals surface area contributed by atoms with E-state index in [1.807, 2.05) is 0 Å². The molecular formula is C12H10ClFN2O2. The second-order valence-corrected chi connectivity index (χ2v) is 4.17. The first-order valence-corrected chi connectivity index (χ1v) is 5.65. The summed E-state index contributed by atoms with van der Waals surface area (Å²) in [5.74, 6) is -0.781. The van der Waals surface area contributed by atoms with Crippen molar-refractivity contribution in [1.82, 2.24) is 9.97 Å². The van der Waals surface area contributed by atoms with Crippen molar-refractivity contribution in [2.24, 2.45) is 0 Å². The normalized spacial score (nSPS) is 10.6. The first kappa shape index (κ1) is 12.6. The maximum atomic E-state index is 13.0. The molecule has 0 bridgehead atoms. The number of nitrogens with zero attached hydrogens (tertiary/aromatic N) is 1. The van der Waals surface area contributed by atoms with Crippen LogP contribution in [0.25, 0.3) is 11.3 Å². The molecule has 1 aromatic heterocycles. The zero-order valence-corrected chi connectivity index (χ0v) is 10.0. The molecule has 0 saturated heterocycles. The van der Waals surface area contributed by atoms with Gasteiger partial charge in [0.15, 0.2) is 0 Å². The number of aliphatic carboxylic acids is 1. The van der Waals surface area contributed by atoms with Crippen molar-refractivity contribution in [2.75, 3.05) is 0 Å². The molecule has 18 heavy (non-hydrogen) atoms. The molecular weight excluding hydrogens is 259 g/mol. The number of carbonyl (C=O) groups is 1. The number of aromatic nitrogens is 2. The molecule has 0 atom stereocenters. The lowest BCUT2D eigenvalue weighted by Crippen LogP contribution is -1.98. The highest BCUT2D eigenvalue weighted by atomic mass is 35.5. The van der Waals surface area contributed by atoms with Crippen molar-refractivity contribution in [3.63, 3.8) is 0 Å². The Kier molecular flexibility index (Phi) is 3.62. The van der Waals surface area contributed by atoms with Crippen LogP contribution in [0.1, 0.15) is 12.2 Å². The standard InChI is InChI=1S/C12H10ClFN2O2/c13-8-5-7(1-2-9(8)14)10-6-15-11(16-10)3-4-12(17)18/h1-2,5-6H,3-4H2,(H,15,16)(H,17,18). The van der Waals surface area contributed by atoms with Gasteiger partial charge in [-0.3, -0.25) is 4.79 Å². The monoisotopic (exact) mass is 268 g/mol. The van der Waals surface area contributed by atoms with E-state index in [1.165, 1.54) is 12.1 Å². The van der Waals surface area contributed by atoms with Gasteiger partial charge in [-0.2, -0.15) is 0 Å². The van der Waals surface area contributed by atoms with Gasteiger partial charge in [0.25, 0.3) is 0 Å². The maximum absolute atomic E-state index is 13.0. The number of hydrogen-bond donors (Lipinski definition) is 2. The topological polar surface area (TPSA) is 66.0 Å². The van der Waals surface area contributed by atoms with Crippen LogP contribution < -0.4 is 0 Å². The summed E-state index contributed by atoms with van der Waals surface area (Å²) in [5, 5.41) is 8.60. The van der Waals surface area contributed by atoms with E-state index >= 15 is 0 Å². The summed E-state index contributed by atoms with van der Waals surface area (Å²) in [4.78, 5) is 17.5. The number of aryl methyl sites for hydroxylation is 1. The largest absolute Gasteiger partial charge is 0.481 e. The lowest BCUT2D eigenvalue weighted by atomic mass is 10.2. The molecule has 2 aromatic rings. The third-order valence-corrected chi connectivity index (χ3v) is 2.72. The van der Waals surface area contributed by atoms with E-state index in [-0.39, 0.29) is 11.4 Å². The predicted molar refractivity (Wildman–Crippen MR) is 64.9 cm³/mol. The van der Waals surface area contributed by atoms with Crippen LogP contribution in [0.2, 0.25) is 5.02 Å². The zero-order chi connectivity index (χ0) is 13.1. The summed E-state index contributed by atoms with van der Waals surface area (Å²) in [7, 11) is 0. The SMILES string of the molecule is O=C(O)CCc1ncc(-c2ccc(F)c(Cl)c2)[nH]1. The Morgan fingerprint density at radius 1 is 1.50 bits per heavy atom. The summed E-state index contributed by atoms with van der Waals surface area (Å²) >= 11 is 5.69. The number of aromatic amines is 1. The first-order valence-electron chi connectivity index (χ1n) is 5.27. The van der Waals surface area contributed by atoms with Crippen LogP contribution in [0.5, 0.6) is 0 Å². The number of carboxylic acid groups (broad SMARTS) is 1. The van der Waals surface area contributed by atoms with E-state index in [0.717, 1.165) is 0 Å². The average Bonchev–Trinajstić information content (AvgIpc) is 2.79. The summed E-state index contributed by atoms with van der Waals surface area (Å²) in [6, 6.07) is 4.34. The summed E-state index contributed by atoms with van der Waals surface area (Å²) in [6.45, 7) is 0. The Balaban J connectivity index is 2.18. The number of H-pyrrole nitrogens is 1. The third kappa shape index (κ3) is 2.87. The van der Waals surface area contributed by atoms with Gasteiger partial charge in [-0.1, -0.05) is 11.6 Å². The van der Waals surface area contributed by atoms with Gasteiger partial charge in [-0.25, -0.2) is 9.37 Å². The number of hydrogen-bond acceptors (Lipinski definition) is 2. The van der Waals surface area contributed by atoms with E-state index in [0.29, 0.717) is 23.5 Å². The van der Waals surface area contributed by atoms with Crippen molar-refractivity contribution < 1.29 is 14.3 Å². The Morgan fingerprint density at radius 2 is 2.28 bits per heavy atom. The molecule has 1 heterocycles. The first-order chi connectivity index (χ1) is 8.56. The van der Waals surface area contributed by atoms with Gasteiger partial charge < -0.3 is 10.1 Å². The fraction of sp³-hybridized carbons (Fsp3) is 0.167. The highest BCUT2D eigenvalue weighted by molar-refractivity contribution is 6.31. The summed E-state index contributed by atoms with van der Waals surface area (Å²) in [5.41, 5.74) is 1.38. The van der Waals surface area contributed by atoms with Crippen molar-refractivity contribution in [1.29, 1.82) is 0 Å². The van der Waals surface area contributed by atoms with Crippen LogP contribution in [0, 0.1) is 5.82 Å². The zero-order valence-electron chi connectivity index (χ0n) is 9.28. The lowest BCUT2D eigenvalue weighted by Gasteiger charge is -1.99. The van der Waals surface area contributed by atoms with Crippen molar-refractivity contribution >= 4 is 17.6 Å². The number of rotatable bonds is 4. The van der Waals surface area contributed by atoms with Gasteiger partial charge in [-0.05, 0) is 18.2 Å². The molecule has 0 aliphatic rings. The van der Waals surface area contributed by atoms with Gasteiger partial charge in [0.1, 0.15) is 11.6 Å². The van der Waals surface area contributed by atoms with Crippen molar-refractivity contribution in [3.05, 3.63) is 41.1 Å². The van der Waals surface area contributed by atoms with Crippen molar-refractivity contribution in [2.45, 2.75) is 12.8 Å².